The van der Waals surface area contributed by atoms with Gasteiger partial charge in [-0.05, 0) is 30.3 Å². The molecular formula is C16H23NO2S. The molecule has 0 atom stereocenters. The molecule has 4 heteroatoms. The van der Waals surface area contributed by atoms with E-state index in [2.05, 4.69) is 30.9 Å². The van der Waals surface area contributed by atoms with Gasteiger partial charge in [-0.25, -0.2) is 4.79 Å². The Hall–Kier alpha value is -1.26. The Balaban J connectivity index is 2.33. The van der Waals surface area contributed by atoms with Gasteiger partial charge in [0, 0.05) is 24.1 Å². The Morgan fingerprint density at radius 1 is 1.25 bits per heavy atom. The van der Waals surface area contributed by atoms with E-state index in [1.165, 1.54) is 5.56 Å². The molecule has 0 saturated heterocycles. The van der Waals surface area contributed by atoms with Crippen LogP contribution in [0.2, 0.25) is 0 Å². The van der Waals surface area contributed by atoms with Crippen molar-refractivity contribution < 1.29 is 9.90 Å². The molecule has 1 aromatic carbocycles. The van der Waals surface area contributed by atoms with Crippen LogP contribution in [0.15, 0.2) is 30.3 Å². The topological polar surface area (TPSA) is 40.5 Å². The Bertz CT molecular complexity index is 425. The van der Waals surface area contributed by atoms with Crippen LogP contribution in [0.5, 0.6) is 0 Å². The number of hydrogen-bond acceptors (Lipinski definition) is 3. The summed E-state index contributed by atoms with van der Waals surface area (Å²) in [6, 6.07) is 8.04. The average Bonchev–Trinajstić information content (AvgIpc) is 2.46. The van der Waals surface area contributed by atoms with Gasteiger partial charge in [0.25, 0.3) is 0 Å². The Morgan fingerprint density at radius 3 is 2.45 bits per heavy atom. The molecule has 110 valence electrons. The minimum atomic E-state index is -0.916. The van der Waals surface area contributed by atoms with Gasteiger partial charge in [-0.15, -0.1) is 0 Å². The van der Waals surface area contributed by atoms with Gasteiger partial charge in [0.15, 0.2) is 0 Å². The SMILES string of the molecule is CCN(CC)CCSCc1ccc(C=CC(=O)O)cc1. The molecule has 0 heterocycles. The molecule has 0 aromatic heterocycles. The van der Waals surface area contributed by atoms with E-state index in [1.807, 2.05) is 23.9 Å². The maximum atomic E-state index is 10.4. The first-order valence-corrected chi connectivity index (χ1v) is 8.11. The molecule has 1 rings (SSSR count). The molecule has 1 aromatic rings. The summed E-state index contributed by atoms with van der Waals surface area (Å²) in [5, 5.41) is 8.56. The van der Waals surface area contributed by atoms with Gasteiger partial charge >= 0.3 is 5.97 Å². The molecule has 0 fully saturated rings. The van der Waals surface area contributed by atoms with E-state index in [4.69, 9.17) is 5.11 Å². The molecule has 0 bridgehead atoms. The standard InChI is InChI=1S/C16H23NO2S/c1-3-17(4-2)11-12-20-13-15-7-5-14(6-8-15)9-10-16(18)19/h5-10H,3-4,11-13H2,1-2H3,(H,18,19). The van der Waals surface area contributed by atoms with Crippen molar-refractivity contribution in [3.63, 3.8) is 0 Å². The van der Waals surface area contributed by atoms with Crippen LogP contribution in [0.25, 0.3) is 6.08 Å². The van der Waals surface area contributed by atoms with E-state index < -0.39 is 5.97 Å². The Labute approximate surface area is 125 Å². The number of benzene rings is 1. The number of rotatable bonds is 9. The zero-order chi connectivity index (χ0) is 14.8. The fraction of sp³-hybridized carbons (Fsp3) is 0.438. The normalized spacial score (nSPS) is 11.3. The van der Waals surface area contributed by atoms with Crippen LogP contribution in [0.3, 0.4) is 0 Å². The van der Waals surface area contributed by atoms with Crippen LogP contribution in [-0.2, 0) is 10.5 Å². The van der Waals surface area contributed by atoms with Crippen LogP contribution in [0, 0.1) is 0 Å². The second-order valence-electron chi connectivity index (χ2n) is 4.49. The lowest BCUT2D eigenvalue weighted by Crippen LogP contribution is -2.25. The van der Waals surface area contributed by atoms with Gasteiger partial charge in [0.2, 0.25) is 0 Å². The summed E-state index contributed by atoms with van der Waals surface area (Å²) in [6.45, 7) is 7.75. The van der Waals surface area contributed by atoms with Crippen molar-refractivity contribution in [3.8, 4) is 0 Å². The van der Waals surface area contributed by atoms with Gasteiger partial charge in [0.05, 0.1) is 0 Å². The van der Waals surface area contributed by atoms with Crippen molar-refractivity contribution in [2.24, 2.45) is 0 Å². The minimum absolute atomic E-state index is 0.916. The van der Waals surface area contributed by atoms with Crippen LogP contribution in [-0.4, -0.2) is 41.4 Å². The third-order valence-corrected chi connectivity index (χ3v) is 4.12. The molecule has 0 amide bonds. The average molecular weight is 293 g/mol. The van der Waals surface area contributed by atoms with Crippen molar-refractivity contribution in [2.45, 2.75) is 19.6 Å². The minimum Gasteiger partial charge on any atom is -0.478 e. The number of carboxylic acids is 1. The number of nitrogens with zero attached hydrogens (tertiary/aromatic N) is 1. The van der Waals surface area contributed by atoms with E-state index in [0.29, 0.717) is 0 Å². The van der Waals surface area contributed by atoms with Crippen molar-refractivity contribution in [1.29, 1.82) is 0 Å². The number of hydrogen-bond donors (Lipinski definition) is 1. The van der Waals surface area contributed by atoms with Crippen molar-refractivity contribution in [3.05, 3.63) is 41.5 Å². The zero-order valence-corrected chi connectivity index (χ0v) is 13.0. The molecule has 0 unspecified atom stereocenters. The first-order chi connectivity index (χ1) is 9.65. The number of carbonyl (C=O) groups is 1. The van der Waals surface area contributed by atoms with Crippen molar-refractivity contribution >= 4 is 23.8 Å². The molecule has 0 aliphatic rings. The monoisotopic (exact) mass is 293 g/mol. The number of aliphatic carboxylic acids is 1. The van der Waals surface area contributed by atoms with Crippen molar-refractivity contribution in [1.82, 2.24) is 4.90 Å². The molecule has 0 aliphatic heterocycles. The molecule has 0 spiro atoms. The molecular weight excluding hydrogens is 270 g/mol. The van der Waals surface area contributed by atoms with Crippen LogP contribution in [0.4, 0.5) is 0 Å². The van der Waals surface area contributed by atoms with E-state index in [1.54, 1.807) is 6.08 Å². The highest BCUT2D eigenvalue weighted by Crippen LogP contribution is 2.14. The van der Waals surface area contributed by atoms with E-state index in [0.717, 1.165) is 42.8 Å². The summed E-state index contributed by atoms with van der Waals surface area (Å²) in [5.41, 5.74) is 2.20. The first kappa shape index (κ1) is 16.8. The Morgan fingerprint density at radius 2 is 1.90 bits per heavy atom. The summed E-state index contributed by atoms with van der Waals surface area (Å²) >= 11 is 1.94. The fourth-order valence-electron chi connectivity index (χ4n) is 1.82. The lowest BCUT2D eigenvalue weighted by molar-refractivity contribution is -0.131. The first-order valence-electron chi connectivity index (χ1n) is 6.95. The van der Waals surface area contributed by atoms with Crippen LogP contribution >= 0.6 is 11.8 Å². The summed E-state index contributed by atoms with van der Waals surface area (Å²) in [4.78, 5) is 12.8. The summed E-state index contributed by atoms with van der Waals surface area (Å²) < 4.78 is 0. The third kappa shape index (κ3) is 6.78. The second kappa shape index (κ2) is 9.61. The number of carboxylic acid groups (broad SMARTS) is 1. The van der Waals surface area contributed by atoms with Gasteiger partial charge < -0.3 is 10.0 Å². The van der Waals surface area contributed by atoms with E-state index in [9.17, 15) is 4.79 Å². The summed E-state index contributed by atoms with van der Waals surface area (Å²) in [7, 11) is 0. The van der Waals surface area contributed by atoms with E-state index >= 15 is 0 Å². The van der Waals surface area contributed by atoms with Crippen molar-refractivity contribution in [2.75, 3.05) is 25.4 Å². The highest BCUT2D eigenvalue weighted by atomic mass is 32.2. The fourth-order valence-corrected chi connectivity index (χ4v) is 2.78. The highest BCUT2D eigenvalue weighted by Gasteiger charge is 1.99. The maximum absolute atomic E-state index is 10.4. The molecule has 1 N–H and O–H groups in total. The maximum Gasteiger partial charge on any atom is 0.328 e. The number of thioether (sulfide) groups is 1. The van der Waals surface area contributed by atoms with Gasteiger partial charge in [-0.1, -0.05) is 38.1 Å². The summed E-state index contributed by atoms with van der Waals surface area (Å²) in [6.07, 6.45) is 2.77. The molecule has 0 saturated carbocycles. The third-order valence-electron chi connectivity index (χ3n) is 3.11. The van der Waals surface area contributed by atoms with Gasteiger partial charge in [-0.2, -0.15) is 11.8 Å². The largest absolute Gasteiger partial charge is 0.478 e. The lowest BCUT2D eigenvalue weighted by Gasteiger charge is -2.17. The predicted molar refractivity (Wildman–Crippen MR) is 87.1 cm³/mol. The van der Waals surface area contributed by atoms with Crippen LogP contribution in [0.1, 0.15) is 25.0 Å². The quantitative estimate of drug-likeness (QED) is 0.560. The van der Waals surface area contributed by atoms with Crippen LogP contribution < -0.4 is 0 Å². The lowest BCUT2D eigenvalue weighted by atomic mass is 10.1. The molecule has 20 heavy (non-hydrogen) atoms. The smallest absolute Gasteiger partial charge is 0.328 e. The zero-order valence-electron chi connectivity index (χ0n) is 12.2. The van der Waals surface area contributed by atoms with E-state index in [-0.39, 0.29) is 0 Å². The second-order valence-corrected chi connectivity index (χ2v) is 5.60. The predicted octanol–water partition coefficient (Wildman–Crippen LogP) is 3.36. The molecule has 0 aliphatic carbocycles. The molecule has 3 nitrogen and oxygen atoms in total. The Kier molecular flexibility index (Phi) is 8.07. The summed E-state index contributed by atoms with van der Waals surface area (Å²) in [5.74, 6) is 1.23. The van der Waals surface area contributed by atoms with Gasteiger partial charge in [0.1, 0.15) is 0 Å². The molecule has 0 radical (unpaired) electrons. The highest BCUT2D eigenvalue weighted by molar-refractivity contribution is 7.98. The van der Waals surface area contributed by atoms with Gasteiger partial charge in [-0.3, -0.25) is 0 Å².